The van der Waals surface area contributed by atoms with E-state index in [-0.39, 0.29) is 0 Å². The molecule has 46 heavy (non-hydrogen) atoms. The van der Waals surface area contributed by atoms with Gasteiger partial charge in [0.1, 0.15) is 0 Å². The minimum absolute atomic E-state index is 0.668. The Morgan fingerprint density at radius 1 is 0.348 bits per heavy atom. The van der Waals surface area contributed by atoms with Crippen LogP contribution < -0.4 is 31.8 Å². The zero-order valence-corrected chi connectivity index (χ0v) is 26.8. The number of hydrogen-bond donors (Lipinski definition) is 0. The summed E-state index contributed by atoms with van der Waals surface area (Å²) < 4.78 is 31.3. The van der Waals surface area contributed by atoms with E-state index in [0.29, 0.717) is 10.6 Å². The normalized spacial score (nSPS) is 11.7. The van der Waals surface area contributed by atoms with Crippen molar-refractivity contribution in [2.45, 2.75) is 0 Å². The van der Waals surface area contributed by atoms with Crippen LogP contribution in [0.15, 0.2) is 188 Å². The van der Waals surface area contributed by atoms with E-state index >= 15 is 9.13 Å². The van der Waals surface area contributed by atoms with Gasteiger partial charge in [0.05, 0.1) is 0 Å². The average Bonchev–Trinajstić information content (AvgIpc) is 3.16. The fourth-order valence-electron chi connectivity index (χ4n) is 6.03. The van der Waals surface area contributed by atoms with Crippen LogP contribution in [0.1, 0.15) is 0 Å². The van der Waals surface area contributed by atoms with E-state index in [0.717, 1.165) is 43.5 Å². The Bertz CT molecular complexity index is 2100. The first-order valence-corrected chi connectivity index (χ1v) is 18.6. The molecule has 0 unspecified atom stereocenters. The number of pyridine rings is 1. The van der Waals surface area contributed by atoms with Crippen LogP contribution in [-0.2, 0) is 9.13 Å². The molecular weight excluding hydrogens is 600 g/mol. The van der Waals surface area contributed by atoms with E-state index in [9.17, 15) is 0 Å². The van der Waals surface area contributed by atoms with Crippen molar-refractivity contribution in [2.75, 3.05) is 0 Å². The molecule has 1 aromatic heterocycles. The number of rotatable bonds is 8. The Hall–Kier alpha value is -5.07. The SMILES string of the molecule is O=P(c1ccccc1)(c1ccccc1)c1ccc(P(=O)(c2ccccc2)c2ccccc2)c(-c2cncc(-c3ccccc3)c2)c1. The van der Waals surface area contributed by atoms with E-state index in [2.05, 4.69) is 23.2 Å². The molecule has 1 heterocycles. The van der Waals surface area contributed by atoms with Crippen molar-refractivity contribution in [3.8, 4) is 22.3 Å². The molecule has 0 bridgehead atoms. The molecule has 0 spiro atoms. The fourth-order valence-corrected chi connectivity index (χ4v) is 11.6. The highest BCUT2D eigenvalue weighted by Gasteiger charge is 2.35. The molecule has 0 amide bonds. The van der Waals surface area contributed by atoms with E-state index < -0.39 is 14.3 Å². The lowest BCUT2D eigenvalue weighted by atomic mass is 10.0. The number of nitrogens with zero attached hydrogens (tertiary/aromatic N) is 1. The molecule has 0 aliphatic carbocycles. The summed E-state index contributed by atoms with van der Waals surface area (Å²) in [6, 6.07) is 56.6. The Balaban J connectivity index is 1.55. The lowest BCUT2D eigenvalue weighted by Crippen LogP contribution is -2.30. The molecule has 0 saturated carbocycles. The summed E-state index contributed by atoms with van der Waals surface area (Å²) in [5.41, 5.74) is 3.52. The van der Waals surface area contributed by atoms with Crippen molar-refractivity contribution < 1.29 is 9.13 Å². The molecule has 0 radical (unpaired) electrons. The molecular formula is C41H31NO2P2. The molecule has 3 nitrogen and oxygen atoms in total. The van der Waals surface area contributed by atoms with Crippen molar-refractivity contribution in [3.63, 3.8) is 0 Å². The summed E-state index contributed by atoms with van der Waals surface area (Å²) >= 11 is 0. The molecule has 7 rings (SSSR count). The first-order chi connectivity index (χ1) is 22.6. The minimum Gasteiger partial charge on any atom is -0.309 e. The van der Waals surface area contributed by atoms with Crippen LogP contribution in [0.4, 0.5) is 0 Å². The predicted octanol–water partition coefficient (Wildman–Crippen LogP) is 7.69. The summed E-state index contributed by atoms with van der Waals surface area (Å²) in [6.07, 6.45) is 3.65. The van der Waals surface area contributed by atoms with Crippen molar-refractivity contribution in [3.05, 3.63) is 188 Å². The zero-order chi connectivity index (χ0) is 31.4. The molecule has 0 fully saturated rings. The fraction of sp³-hybridized carbons (Fsp3) is 0. The third-order valence-corrected chi connectivity index (χ3v) is 14.5. The minimum atomic E-state index is -3.40. The van der Waals surface area contributed by atoms with E-state index in [4.69, 9.17) is 0 Å². The van der Waals surface area contributed by atoms with E-state index in [1.165, 1.54) is 0 Å². The van der Waals surface area contributed by atoms with Gasteiger partial charge < -0.3 is 9.13 Å². The molecule has 0 saturated heterocycles. The second-order valence-electron chi connectivity index (χ2n) is 11.1. The molecule has 0 N–H and O–H groups in total. The summed E-state index contributed by atoms with van der Waals surface area (Å²) in [6.45, 7) is 0. The van der Waals surface area contributed by atoms with Crippen LogP contribution in [-0.4, -0.2) is 4.98 Å². The van der Waals surface area contributed by atoms with Gasteiger partial charge in [-0.05, 0) is 29.3 Å². The van der Waals surface area contributed by atoms with Gasteiger partial charge >= 0.3 is 0 Å². The van der Waals surface area contributed by atoms with Gasteiger partial charge in [0, 0.05) is 55.3 Å². The van der Waals surface area contributed by atoms with Crippen LogP contribution in [0.3, 0.4) is 0 Å². The highest BCUT2D eigenvalue weighted by atomic mass is 31.2. The molecule has 5 heteroatoms. The first kappa shape index (κ1) is 29.6. The van der Waals surface area contributed by atoms with Crippen LogP contribution in [0, 0.1) is 0 Å². The van der Waals surface area contributed by atoms with Gasteiger partial charge in [-0.1, -0.05) is 158 Å². The molecule has 0 atom stereocenters. The van der Waals surface area contributed by atoms with Gasteiger partial charge in [-0.25, -0.2) is 0 Å². The summed E-state index contributed by atoms with van der Waals surface area (Å²) in [4.78, 5) is 4.66. The van der Waals surface area contributed by atoms with Crippen molar-refractivity contribution in [1.82, 2.24) is 4.98 Å². The maximum atomic E-state index is 15.8. The Labute approximate surface area is 270 Å². The average molecular weight is 632 g/mol. The second-order valence-corrected chi connectivity index (χ2v) is 16.6. The van der Waals surface area contributed by atoms with Gasteiger partial charge in [0.15, 0.2) is 14.3 Å². The van der Waals surface area contributed by atoms with Crippen LogP contribution in [0.5, 0.6) is 0 Å². The van der Waals surface area contributed by atoms with Gasteiger partial charge in [-0.15, -0.1) is 0 Å². The summed E-state index contributed by atoms with van der Waals surface area (Å²) in [5.74, 6) is 0. The van der Waals surface area contributed by atoms with Gasteiger partial charge in [0.2, 0.25) is 0 Å². The standard InChI is InChI=1S/C41H31NO2P2/c43-45(35-18-8-2-9-19-35,36-20-10-3-11-21-36)39-26-27-41(46(44,37-22-12-4-13-23-37)38-24-14-5-15-25-38)40(29-39)34-28-33(30-42-31-34)32-16-6-1-7-17-32/h1-31H. The van der Waals surface area contributed by atoms with Crippen LogP contribution in [0.25, 0.3) is 22.3 Å². The van der Waals surface area contributed by atoms with Crippen LogP contribution >= 0.6 is 14.3 Å². The quantitative estimate of drug-likeness (QED) is 0.162. The smallest absolute Gasteiger partial charge is 0.171 e. The number of hydrogen-bond acceptors (Lipinski definition) is 3. The molecule has 0 aliphatic heterocycles. The molecule has 6 aromatic carbocycles. The zero-order valence-electron chi connectivity index (χ0n) is 25.1. The van der Waals surface area contributed by atoms with Crippen molar-refractivity contribution >= 4 is 46.1 Å². The van der Waals surface area contributed by atoms with E-state index in [1.807, 2.05) is 170 Å². The Morgan fingerprint density at radius 3 is 1.24 bits per heavy atom. The topological polar surface area (TPSA) is 47.0 Å². The number of aromatic nitrogens is 1. The third-order valence-electron chi connectivity index (χ3n) is 8.32. The van der Waals surface area contributed by atoms with Crippen molar-refractivity contribution in [1.29, 1.82) is 0 Å². The lowest BCUT2D eigenvalue weighted by molar-refractivity contribution is 0.591. The Kier molecular flexibility index (Phi) is 8.20. The monoisotopic (exact) mass is 631 g/mol. The van der Waals surface area contributed by atoms with Gasteiger partial charge in [-0.3, -0.25) is 4.98 Å². The third kappa shape index (κ3) is 5.39. The highest BCUT2D eigenvalue weighted by Crippen LogP contribution is 2.48. The van der Waals surface area contributed by atoms with E-state index in [1.54, 1.807) is 0 Å². The second kappa shape index (κ2) is 12.7. The molecule has 222 valence electrons. The van der Waals surface area contributed by atoms with Gasteiger partial charge in [-0.2, -0.15) is 0 Å². The van der Waals surface area contributed by atoms with Gasteiger partial charge in [0.25, 0.3) is 0 Å². The first-order valence-electron chi connectivity index (χ1n) is 15.2. The number of benzene rings is 6. The highest BCUT2D eigenvalue weighted by molar-refractivity contribution is 7.86. The lowest BCUT2D eigenvalue weighted by Gasteiger charge is -2.26. The summed E-state index contributed by atoms with van der Waals surface area (Å²) in [5, 5.41) is 4.29. The van der Waals surface area contributed by atoms with Crippen molar-refractivity contribution in [2.24, 2.45) is 0 Å². The predicted molar refractivity (Wildman–Crippen MR) is 194 cm³/mol. The molecule has 0 aliphatic rings. The maximum Gasteiger partial charge on any atom is 0.171 e. The molecule has 7 aromatic rings. The summed E-state index contributed by atoms with van der Waals surface area (Å²) in [7, 11) is -6.72. The Morgan fingerprint density at radius 2 is 0.761 bits per heavy atom. The van der Waals surface area contributed by atoms with Crippen LogP contribution in [0.2, 0.25) is 0 Å². The maximum absolute atomic E-state index is 15.8. The largest absolute Gasteiger partial charge is 0.309 e.